The van der Waals surface area contributed by atoms with Crippen molar-refractivity contribution in [2.45, 2.75) is 117 Å². The van der Waals surface area contributed by atoms with Crippen molar-refractivity contribution in [3.8, 4) is 78.1 Å². The summed E-state index contributed by atoms with van der Waals surface area (Å²) in [5, 5.41) is 21.1. The minimum atomic E-state index is -0.569. The van der Waals surface area contributed by atoms with Crippen LogP contribution in [-0.2, 0) is 27.1 Å². The van der Waals surface area contributed by atoms with Crippen molar-refractivity contribution in [1.29, 1.82) is 0 Å². The molecule has 4 aliphatic rings. The summed E-state index contributed by atoms with van der Waals surface area (Å²) in [5.41, 5.74) is 38.8. The normalized spacial score (nSPS) is 14.5. The van der Waals surface area contributed by atoms with Crippen molar-refractivity contribution < 1.29 is 0 Å². The minimum absolute atomic E-state index is 0.201. The van der Waals surface area contributed by atoms with Crippen LogP contribution in [0.15, 0.2) is 340 Å². The van der Waals surface area contributed by atoms with Crippen molar-refractivity contribution in [2.24, 2.45) is 0 Å². The summed E-state index contributed by atoms with van der Waals surface area (Å²) in [5.74, 6) is 0. The maximum atomic E-state index is 2.81. The van der Waals surface area contributed by atoms with Crippen LogP contribution < -0.4 is 26.2 Å². The third kappa shape index (κ3) is 10.1. The number of benzene rings is 21. The summed E-state index contributed by atoms with van der Waals surface area (Å²) in [4.78, 5) is 5.61. The summed E-state index contributed by atoms with van der Waals surface area (Å²) in [7, 11) is 0. The topological polar surface area (TPSA) is 16.3 Å². The van der Waals surface area contributed by atoms with Crippen LogP contribution in [0.3, 0.4) is 0 Å². The van der Waals surface area contributed by atoms with Crippen LogP contribution in [0.2, 0.25) is 0 Å². The molecule has 0 atom stereocenters. The summed E-state index contributed by atoms with van der Waals surface area (Å²) < 4.78 is 5.44. The zero-order chi connectivity index (χ0) is 86.9. The first kappa shape index (κ1) is 74.7. The van der Waals surface area contributed by atoms with E-state index in [0.717, 1.165) is 90.0 Å². The number of rotatable bonds is 4. The van der Waals surface area contributed by atoms with Crippen molar-refractivity contribution >= 4 is 165 Å². The highest BCUT2D eigenvalue weighted by atomic mass is 15.2. The second-order valence-electron chi connectivity index (χ2n) is 41.8. The highest BCUT2D eigenvalue weighted by molar-refractivity contribution is 7.00. The van der Waals surface area contributed by atoms with E-state index in [9.17, 15) is 0 Å². The van der Waals surface area contributed by atoms with Gasteiger partial charge in [-0.25, -0.2) is 0 Å². The summed E-state index contributed by atoms with van der Waals surface area (Å²) in [6.07, 6.45) is 0. The molecule has 0 N–H and O–H groups in total. The smallest absolute Gasteiger partial charge is 0.252 e. The Morgan fingerprint density at radius 3 is 1.06 bits per heavy atom. The Labute approximate surface area is 753 Å². The van der Waals surface area contributed by atoms with E-state index < -0.39 is 16.2 Å². The van der Waals surface area contributed by atoms with Gasteiger partial charge in [-0.3, -0.25) is 0 Å². The molecule has 27 rings (SSSR count). The van der Waals surface area contributed by atoms with Crippen molar-refractivity contribution in [2.75, 3.05) is 9.80 Å². The summed E-state index contributed by atoms with van der Waals surface area (Å²) >= 11 is 0. The Balaban J connectivity index is 0.850. The van der Waals surface area contributed by atoms with E-state index in [1.165, 1.54) is 186 Å². The Morgan fingerprint density at radius 1 is 0.240 bits per heavy atom. The molecule has 614 valence electrons. The van der Waals surface area contributed by atoms with Crippen LogP contribution >= 0.6 is 0 Å². The molecule has 21 aromatic carbocycles. The SMILES string of the molecule is CC(C)(C)c1cc2c3c(c1)N1c4cc(ccc4B3c3ccc4cc3N2c2c(-c3ccccc3)cccc2-c2cccc(c2)C(C)(C)c2cc3c5c6c2cccc6c2cccc6c(C(C)(C)C)cc(c5c62)n3-4)-n2c3cc(C(C)(C)C)c4cccc5c6cccc7c(cc2c(c76)c3c45)C(C)(C)c2cc(-c3ccccc3)cc(c2)-c2cccc(-c3cccc(-c4ccccc4)c3)c21. The molecule has 0 saturated carbocycles. The van der Waals surface area contributed by atoms with E-state index in [1.807, 2.05) is 0 Å². The molecule has 0 radical (unpaired) electrons. The van der Waals surface area contributed by atoms with Crippen LogP contribution in [0.5, 0.6) is 0 Å². The molecular formula is C124H95BN4. The molecule has 0 fully saturated rings. The number of hydrogen-bond acceptors (Lipinski definition) is 2. The van der Waals surface area contributed by atoms with E-state index in [0.29, 0.717) is 0 Å². The number of nitrogens with zero attached hydrogens (tertiary/aromatic N) is 4. The van der Waals surface area contributed by atoms with Gasteiger partial charge in [0.2, 0.25) is 0 Å². The quantitative estimate of drug-likeness (QED) is 0.0992. The highest BCUT2D eigenvalue weighted by Crippen LogP contribution is 2.60. The van der Waals surface area contributed by atoms with Gasteiger partial charge in [0.15, 0.2) is 0 Å². The van der Waals surface area contributed by atoms with Gasteiger partial charge in [-0.05, 0) is 254 Å². The molecule has 4 aliphatic heterocycles. The van der Waals surface area contributed by atoms with Gasteiger partial charge in [-0.1, -0.05) is 357 Å². The van der Waals surface area contributed by atoms with Crippen LogP contribution in [0.1, 0.15) is 129 Å². The Bertz CT molecular complexity index is 8790. The van der Waals surface area contributed by atoms with Crippen LogP contribution in [-0.4, -0.2) is 15.8 Å². The second kappa shape index (κ2) is 25.7. The first-order valence-electron chi connectivity index (χ1n) is 46.3. The second-order valence-corrected chi connectivity index (χ2v) is 41.8. The lowest BCUT2D eigenvalue weighted by atomic mass is 9.33. The predicted molar refractivity (Wildman–Crippen MR) is 552 cm³/mol. The lowest BCUT2D eigenvalue weighted by molar-refractivity contribution is 0.590. The third-order valence-electron chi connectivity index (χ3n) is 30.8. The van der Waals surface area contributed by atoms with Gasteiger partial charge < -0.3 is 18.9 Å². The predicted octanol–water partition coefficient (Wildman–Crippen LogP) is 31.8. The van der Waals surface area contributed by atoms with E-state index >= 15 is 0 Å². The largest absolute Gasteiger partial charge is 0.310 e. The van der Waals surface area contributed by atoms with Crippen molar-refractivity contribution in [3.05, 3.63) is 379 Å². The minimum Gasteiger partial charge on any atom is -0.310 e. The van der Waals surface area contributed by atoms with Crippen molar-refractivity contribution in [1.82, 2.24) is 9.13 Å². The van der Waals surface area contributed by atoms with Gasteiger partial charge in [0.05, 0.1) is 33.4 Å². The van der Waals surface area contributed by atoms with E-state index in [4.69, 9.17) is 0 Å². The lowest BCUT2D eigenvalue weighted by Crippen LogP contribution is -2.61. The van der Waals surface area contributed by atoms with Gasteiger partial charge in [-0.15, -0.1) is 0 Å². The molecule has 2 aromatic heterocycles. The molecule has 6 heterocycles. The fourth-order valence-electron chi connectivity index (χ4n) is 24.7. The third-order valence-corrected chi connectivity index (χ3v) is 30.8. The average molecular weight is 1650 g/mol. The lowest BCUT2D eigenvalue weighted by Gasteiger charge is -2.46. The molecule has 129 heavy (non-hydrogen) atoms. The summed E-state index contributed by atoms with van der Waals surface area (Å²) in [6.45, 7) is 31.5. The molecular weight excluding hydrogens is 1560 g/mol. The van der Waals surface area contributed by atoms with Gasteiger partial charge in [-0.2, -0.15) is 0 Å². The molecule has 12 bridgehead atoms. The van der Waals surface area contributed by atoms with Crippen LogP contribution in [0, 0.1) is 0 Å². The number of hydrogen-bond donors (Lipinski definition) is 0. The maximum Gasteiger partial charge on any atom is 0.252 e. The monoisotopic (exact) mass is 1650 g/mol. The van der Waals surface area contributed by atoms with Crippen molar-refractivity contribution in [3.63, 3.8) is 0 Å². The molecule has 23 aromatic rings. The first-order valence-corrected chi connectivity index (χ1v) is 46.3. The number of aromatic nitrogens is 2. The maximum absolute atomic E-state index is 2.81. The summed E-state index contributed by atoms with van der Waals surface area (Å²) in [6, 6.07) is 135. The van der Waals surface area contributed by atoms with Gasteiger partial charge >= 0.3 is 0 Å². The molecule has 0 aliphatic carbocycles. The highest BCUT2D eigenvalue weighted by Gasteiger charge is 2.48. The Kier molecular flexibility index (Phi) is 14.9. The molecule has 0 saturated heterocycles. The van der Waals surface area contributed by atoms with Crippen LogP contribution in [0.4, 0.5) is 34.1 Å². The standard InChI is InChI=1S/C124H95BN4/c1-120(2,3)79-62-107-117-108(63-79)129-102-65-82(127-104-67-96(122(7,8)9)92-50-28-46-88-90-48-30-52-94-98(69-106(127)116(112(90)94)114(104)110(88)92)124(12,13)80-60-76(71-33-19-15-20-34-71)58-77(61-80)86-44-26-42-84(119(86)129)74-38-23-37-73(57-74)70-31-17-14-18-32-70)54-56-100(102)125(117)99-55-53-81-64-101(99)128(107)118-83(72-35-21-16-22-36-72)41-25-43-85(118)75-39-24-40-78(59-75)123(10,11)97-68-105-115-111-89(47-29-51-93(97)111)87-45-27-49-91-95(121(4,5)6)66-103(126(81)105)113(115)109(87)91/h14-69H,1-13H3. The zero-order valence-electron chi connectivity index (χ0n) is 75.2. The molecule has 0 amide bonds. The molecule has 5 heteroatoms. The number of anilines is 6. The zero-order valence-corrected chi connectivity index (χ0v) is 75.2. The molecule has 0 spiro atoms. The van der Waals surface area contributed by atoms with E-state index in [2.05, 4.69) is 449 Å². The fraction of sp³-hybridized carbons (Fsp3) is 0.145. The Hall–Kier alpha value is -14.5. The number of para-hydroxylation sites is 2. The molecule has 0 unspecified atom stereocenters. The van der Waals surface area contributed by atoms with Gasteiger partial charge in [0.1, 0.15) is 0 Å². The fourth-order valence-corrected chi connectivity index (χ4v) is 24.7. The molecule has 4 nitrogen and oxygen atoms in total. The van der Waals surface area contributed by atoms with Gasteiger partial charge in [0.25, 0.3) is 6.71 Å². The van der Waals surface area contributed by atoms with Crippen LogP contribution in [0.25, 0.3) is 186 Å². The van der Waals surface area contributed by atoms with Gasteiger partial charge in [0, 0.05) is 88.8 Å². The average Bonchev–Trinajstić information content (AvgIpc) is 1.63. The first-order chi connectivity index (χ1) is 62.4. The van der Waals surface area contributed by atoms with E-state index in [1.54, 1.807) is 0 Å². The number of fused-ring (bicyclic) bond motifs is 26. The van der Waals surface area contributed by atoms with E-state index in [-0.39, 0.29) is 17.5 Å². The Morgan fingerprint density at radius 2 is 0.589 bits per heavy atom.